The van der Waals surface area contributed by atoms with Crippen molar-refractivity contribution in [2.45, 2.75) is 65.4 Å². The first-order valence-corrected chi connectivity index (χ1v) is 7.09. The number of hydrogen-bond donors (Lipinski definition) is 1. The predicted molar refractivity (Wildman–Crippen MR) is 73.2 cm³/mol. The van der Waals surface area contributed by atoms with Crippen LogP contribution in [-0.2, 0) is 4.79 Å². The van der Waals surface area contributed by atoms with Crippen LogP contribution in [0.2, 0.25) is 0 Å². The Labute approximate surface area is 110 Å². The van der Waals surface area contributed by atoms with Crippen LogP contribution in [0.5, 0.6) is 0 Å². The van der Waals surface area contributed by atoms with Crippen molar-refractivity contribution >= 4 is 6.29 Å². The van der Waals surface area contributed by atoms with Gasteiger partial charge in [-0.05, 0) is 68.3 Å². The summed E-state index contributed by atoms with van der Waals surface area (Å²) in [6, 6.07) is 0. The van der Waals surface area contributed by atoms with Crippen LogP contribution in [0.1, 0.15) is 59.8 Å². The van der Waals surface area contributed by atoms with E-state index in [1.54, 1.807) is 0 Å². The summed E-state index contributed by atoms with van der Waals surface area (Å²) in [5.41, 5.74) is 0.669. The van der Waals surface area contributed by atoms with Crippen molar-refractivity contribution in [3.05, 3.63) is 11.6 Å². The molecule has 2 heteroatoms. The van der Waals surface area contributed by atoms with E-state index in [1.165, 1.54) is 0 Å². The van der Waals surface area contributed by atoms with Gasteiger partial charge in [-0.1, -0.05) is 19.9 Å². The molecule has 2 aliphatic carbocycles. The zero-order chi connectivity index (χ0) is 13.6. The van der Waals surface area contributed by atoms with Crippen LogP contribution in [0, 0.1) is 16.7 Å². The van der Waals surface area contributed by atoms with E-state index in [4.69, 9.17) is 0 Å². The maximum absolute atomic E-state index is 11.0. The highest BCUT2D eigenvalue weighted by Gasteiger charge is 2.57. The third-order valence-corrected chi connectivity index (χ3v) is 5.89. The fourth-order valence-corrected chi connectivity index (χ4v) is 4.39. The summed E-state index contributed by atoms with van der Waals surface area (Å²) in [7, 11) is 0. The van der Waals surface area contributed by atoms with E-state index in [0.717, 1.165) is 44.0 Å². The molecule has 0 aliphatic heterocycles. The molecule has 0 saturated heterocycles. The summed E-state index contributed by atoms with van der Waals surface area (Å²) in [6.45, 7) is 8.53. The molecule has 1 saturated carbocycles. The minimum atomic E-state index is -0.633. The lowest BCUT2D eigenvalue weighted by atomic mass is 9.59. The molecule has 0 aromatic rings. The highest BCUT2D eigenvalue weighted by Crippen LogP contribution is 2.64. The van der Waals surface area contributed by atoms with E-state index >= 15 is 0 Å². The minimum absolute atomic E-state index is 0.107. The molecule has 1 unspecified atom stereocenters. The first kappa shape index (κ1) is 13.8. The number of carbonyl (C=O) groups is 1. The van der Waals surface area contributed by atoms with Crippen LogP contribution in [0.25, 0.3) is 0 Å². The molecule has 2 aliphatic rings. The van der Waals surface area contributed by atoms with Gasteiger partial charge < -0.3 is 5.11 Å². The van der Waals surface area contributed by atoms with Crippen LogP contribution in [0.4, 0.5) is 0 Å². The summed E-state index contributed by atoms with van der Waals surface area (Å²) >= 11 is 0. The average Bonchev–Trinajstić information content (AvgIpc) is 2.45. The highest BCUT2D eigenvalue weighted by atomic mass is 16.3. The lowest BCUT2D eigenvalue weighted by Crippen LogP contribution is -2.44. The Kier molecular flexibility index (Phi) is 3.21. The monoisotopic (exact) mass is 250 g/mol. The number of aliphatic hydroxyl groups is 1. The third-order valence-electron chi connectivity index (χ3n) is 5.89. The number of fused-ring (bicyclic) bond motifs is 1. The van der Waals surface area contributed by atoms with E-state index in [1.807, 2.05) is 13.8 Å². The molecule has 0 spiro atoms. The van der Waals surface area contributed by atoms with Gasteiger partial charge >= 0.3 is 0 Å². The highest BCUT2D eigenvalue weighted by molar-refractivity contribution is 5.73. The fraction of sp³-hybridized carbons (Fsp3) is 0.812. The number of hydrogen-bond acceptors (Lipinski definition) is 2. The minimum Gasteiger partial charge on any atom is -0.390 e. The Morgan fingerprint density at radius 1 is 1.39 bits per heavy atom. The average molecular weight is 250 g/mol. The SMILES string of the molecule is CC(C)(O)C1CC[C@@]2(C)CCC(C=O)=CC[C@]12C. The molecule has 0 bridgehead atoms. The van der Waals surface area contributed by atoms with Gasteiger partial charge in [0.05, 0.1) is 5.60 Å². The molecule has 0 amide bonds. The molecule has 3 atom stereocenters. The zero-order valence-electron chi connectivity index (χ0n) is 12.1. The Hall–Kier alpha value is -0.630. The predicted octanol–water partition coefficient (Wildman–Crippen LogP) is 3.49. The standard InChI is InChI=1S/C16H26O2/c1-14(2,18)13-7-9-15(3)8-5-12(11-17)6-10-16(13,15)4/h6,11,13,18H,5,7-10H2,1-4H3/t13?,15-,16-/m1/s1. The largest absolute Gasteiger partial charge is 0.390 e. The van der Waals surface area contributed by atoms with Gasteiger partial charge in [-0.2, -0.15) is 0 Å². The fourth-order valence-electron chi connectivity index (χ4n) is 4.39. The molecule has 2 rings (SSSR count). The van der Waals surface area contributed by atoms with E-state index in [9.17, 15) is 9.90 Å². The van der Waals surface area contributed by atoms with Gasteiger partial charge in [-0.25, -0.2) is 0 Å². The number of allylic oxidation sites excluding steroid dienone is 2. The van der Waals surface area contributed by atoms with E-state index < -0.39 is 5.60 Å². The number of rotatable bonds is 2. The second-order valence-electron chi connectivity index (χ2n) is 7.32. The first-order chi connectivity index (χ1) is 8.23. The molecule has 1 fully saturated rings. The van der Waals surface area contributed by atoms with Crippen molar-refractivity contribution in [2.24, 2.45) is 16.7 Å². The van der Waals surface area contributed by atoms with E-state index in [-0.39, 0.29) is 10.8 Å². The van der Waals surface area contributed by atoms with Gasteiger partial charge in [-0.3, -0.25) is 4.79 Å². The molecule has 102 valence electrons. The smallest absolute Gasteiger partial charge is 0.145 e. The Morgan fingerprint density at radius 2 is 2.06 bits per heavy atom. The molecule has 18 heavy (non-hydrogen) atoms. The molecular weight excluding hydrogens is 224 g/mol. The first-order valence-electron chi connectivity index (χ1n) is 7.09. The van der Waals surface area contributed by atoms with Crippen LogP contribution < -0.4 is 0 Å². The Bertz CT molecular complexity index is 377. The molecular formula is C16H26O2. The van der Waals surface area contributed by atoms with Crippen molar-refractivity contribution in [3.63, 3.8) is 0 Å². The van der Waals surface area contributed by atoms with Crippen molar-refractivity contribution in [2.75, 3.05) is 0 Å². The topological polar surface area (TPSA) is 37.3 Å². The lowest BCUT2D eigenvalue weighted by molar-refractivity contribution is -0.105. The second-order valence-corrected chi connectivity index (χ2v) is 7.32. The lowest BCUT2D eigenvalue weighted by Gasteiger charge is -2.47. The molecule has 0 aromatic carbocycles. The normalized spacial score (nSPS) is 40.9. The number of carbonyl (C=O) groups excluding carboxylic acids is 1. The molecule has 0 heterocycles. The van der Waals surface area contributed by atoms with Crippen LogP contribution in [-0.4, -0.2) is 17.0 Å². The Morgan fingerprint density at radius 3 is 2.61 bits per heavy atom. The van der Waals surface area contributed by atoms with Gasteiger partial charge in [0, 0.05) is 0 Å². The summed E-state index contributed by atoms with van der Waals surface area (Å²) in [5, 5.41) is 10.5. The van der Waals surface area contributed by atoms with Crippen molar-refractivity contribution in [1.82, 2.24) is 0 Å². The third kappa shape index (κ3) is 1.95. The Balaban J connectivity index is 2.38. The van der Waals surface area contributed by atoms with Crippen LogP contribution in [0.15, 0.2) is 11.6 Å². The summed E-state index contributed by atoms with van der Waals surface area (Å²) in [5.74, 6) is 0.317. The van der Waals surface area contributed by atoms with Gasteiger partial charge in [0.25, 0.3) is 0 Å². The van der Waals surface area contributed by atoms with Crippen molar-refractivity contribution in [1.29, 1.82) is 0 Å². The van der Waals surface area contributed by atoms with Crippen molar-refractivity contribution < 1.29 is 9.90 Å². The molecule has 0 aromatic heterocycles. The van der Waals surface area contributed by atoms with Gasteiger partial charge in [0.1, 0.15) is 6.29 Å². The zero-order valence-corrected chi connectivity index (χ0v) is 12.1. The van der Waals surface area contributed by atoms with E-state index in [2.05, 4.69) is 19.9 Å². The van der Waals surface area contributed by atoms with Gasteiger partial charge in [-0.15, -0.1) is 0 Å². The van der Waals surface area contributed by atoms with Crippen molar-refractivity contribution in [3.8, 4) is 0 Å². The maximum atomic E-state index is 11.0. The second kappa shape index (κ2) is 4.19. The molecule has 0 radical (unpaired) electrons. The maximum Gasteiger partial charge on any atom is 0.145 e. The van der Waals surface area contributed by atoms with Crippen LogP contribution in [0.3, 0.4) is 0 Å². The van der Waals surface area contributed by atoms with Crippen LogP contribution >= 0.6 is 0 Å². The number of aldehydes is 1. The summed E-state index contributed by atoms with van der Waals surface area (Å²) < 4.78 is 0. The summed E-state index contributed by atoms with van der Waals surface area (Å²) in [6.07, 6.45) is 8.27. The molecule has 1 N–H and O–H groups in total. The van der Waals surface area contributed by atoms with E-state index in [0.29, 0.717) is 5.92 Å². The van der Waals surface area contributed by atoms with Gasteiger partial charge in [0.15, 0.2) is 0 Å². The summed E-state index contributed by atoms with van der Waals surface area (Å²) in [4.78, 5) is 11.0. The molecule has 2 nitrogen and oxygen atoms in total. The van der Waals surface area contributed by atoms with Gasteiger partial charge in [0.2, 0.25) is 0 Å². The quantitative estimate of drug-likeness (QED) is 0.762.